The molecule has 2 aliphatic rings. The summed E-state index contributed by atoms with van der Waals surface area (Å²) >= 11 is 0. The van der Waals surface area contributed by atoms with Crippen molar-refractivity contribution in [1.29, 1.82) is 0 Å². The van der Waals surface area contributed by atoms with Crippen molar-refractivity contribution in [2.75, 3.05) is 20.7 Å². The highest BCUT2D eigenvalue weighted by Gasteiger charge is 2.33. The predicted octanol–water partition coefficient (Wildman–Crippen LogP) is 1.89. The zero-order valence-electron chi connectivity index (χ0n) is 12.1. The standard InChI is InChI=1S/C16H20N2O2/c1-18(2)13(10-16(17)19)6-5-11-9-15-12(8-14(11)18)4-3-7-20-15/h6,8-9H,3-5,7,10H2,1-2H3,(H-,17,19)/p+1. The number of allylic oxidation sites excluding steroid dienone is 1. The SMILES string of the molecule is C[N+]1(C)C(CC(N)=O)=CCc2cc3c(cc21)CCCO3. The first kappa shape index (κ1) is 13.2. The number of carbonyl (C=O) groups excluding carboxylic acids is 1. The van der Waals surface area contributed by atoms with E-state index in [4.69, 9.17) is 10.5 Å². The first-order chi connectivity index (χ1) is 9.48. The number of aryl methyl sites for hydroxylation is 1. The molecule has 2 heterocycles. The van der Waals surface area contributed by atoms with E-state index >= 15 is 0 Å². The molecule has 0 atom stereocenters. The van der Waals surface area contributed by atoms with Gasteiger partial charge >= 0.3 is 0 Å². The molecule has 4 heteroatoms. The third kappa shape index (κ3) is 2.10. The number of ether oxygens (including phenoxy) is 1. The summed E-state index contributed by atoms with van der Waals surface area (Å²) < 4.78 is 6.35. The molecule has 0 spiro atoms. The monoisotopic (exact) mass is 273 g/mol. The number of benzene rings is 1. The molecule has 0 unspecified atom stereocenters. The van der Waals surface area contributed by atoms with Crippen LogP contribution in [0, 0.1) is 0 Å². The van der Waals surface area contributed by atoms with Crippen LogP contribution in [0.15, 0.2) is 23.9 Å². The van der Waals surface area contributed by atoms with Gasteiger partial charge in [-0.25, -0.2) is 0 Å². The van der Waals surface area contributed by atoms with Crippen molar-refractivity contribution in [1.82, 2.24) is 4.48 Å². The first-order valence-electron chi connectivity index (χ1n) is 7.09. The first-order valence-corrected chi connectivity index (χ1v) is 7.09. The van der Waals surface area contributed by atoms with Crippen molar-refractivity contribution in [2.45, 2.75) is 25.7 Å². The Balaban J connectivity index is 2.04. The molecule has 0 aliphatic carbocycles. The number of carbonyl (C=O) groups is 1. The Labute approximate surface area is 119 Å². The molecular weight excluding hydrogens is 252 g/mol. The number of rotatable bonds is 2. The van der Waals surface area contributed by atoms with E-state index in [1.165, 1.54) is 16.8 Å². The fourth-order valence-electron chi connectivity index (χ4n) is 3.17. The lowest BCUT2D eigenvalue weighted by atomic mass is 9.95. The van der Waals surface area contributed by atoms with Gasteiger partial charge in [0.25, 0.3) is 0 Å². The second kappa shape index (κ2) is 4.63. The van der Waals surface area contributed by atoms with Crippen LogP contribution in [0.2, 0.25) is 0 Å². The molecule has 3 rings (SSSR count). The van der Waals surface area contributed by atoms with Crippen molar-refractivity contribution in [3.8, 4) is 5.75 Å². The van der Waals surface area contributed by atoms with Crippen LogP contribution in [0.25, 0.3) is 0 Å². The van der Waals surface area contributed by atoms with Gasteiger partial charge < -0.3 is 10.5 Å². The maximum Gasteiger partial charge on any atom is 0.227 e. The van der Waals surface area contributed by atoms with Gasteiger partial charge in [-0.3, -0.25) is 9.28 Å². The lowest BCUT2D eigenvalue weighted by Crippen LogP contribution is -2.43. The highest BCUT2D eigenvalue weighted by Crippen LogP contribution is 2.40. The smallest absolute Gasteiger partial charge is 0.227 e. The second-order valence-electron chi connectivity index (χ2n) is 6.04. The number of hydrogen-bond acceptors (Lipinski definition) is 2. The minimum Gasteiger partial charge on any atom is -0.493 e. The molecule has 0 saturated carbocycles. The van der Waals surface area contributed by atoms with E-state index in [1.807, 2.05) is 0 Å². The Morgan fingerprint density at radius 1 is 1.35 bits per heavy atom. The molecule has 0 fully saturated rings. The number of fused-ring (bicyclic) bond motifs is 2. The number of quaternary nitrogens is 1. The Kier molecular flexibility index (Phi) is 3.05. The van der Waals surface area contributed by atoms with Gasteiger partial charge in [-0.15, -0.1) is 0 Å². The van der Waals surface area contributed by atoms with Crippen LogP contribution < -0.4 is 15.0 Å². The molecule has 106 valence electrons. The average molecular weight is 273 g/mol. The highest BCUT2D eigenvalue weighted by atomic mass is 16.5. The van der Waals surface area contributed by atoms with Crippen LogP contribution in [0.4, 0.5) is 5.69 Å². The van der Waals surface area contributed by atoms with Gasteiger partial charge in [0.1, 0.15) is 23.6 Å². The van der Waals surface area contributed by atoms with E-state index in [2.05, 4.69) is 32.3 Å². The van der Waals surface area contributed by atoms with E-state index in [9.17, 15) is 4.79 Å². The zero-order valence-corrected chi connectivity index (χ0v) is 12.1. The molecule has 1 aromatic carbocycles. The van der Waals surface area contributed by atoms with E-state index in [0.29, 0.717) is 10.9 Å². The number of nitrogens with two attached hydrogens (primary N) is 1. The van der Waals surface area contributed by atoms with Crippen LogP contribution in [0.3, 0.4) is 0 Å². The average Bonchev–Trinajstić information content (AvgIpc) is 2.40. The number of hydrogen-bond donors (Lipinski definition) is 1. The van der Waals surface area contributed by atoms with E-state index < -0.39 is 0 Å². The fraction of sp³-hybridized carbons (Fsp3) is 0.438. The second-order valence-corrected chi connectivity index (χ2v) is 6.04. The van der Waals surface area contributed by atoms with Gasteiger partial charge in [0.15, 0.2) is 0 Å². The van der Waals surface area contributed by atoms with Crippen LogP contribution in [-0.2, 0) is 17.6 Å². The summed E-state index contributed by atoms with van der Waals surface area (Å²) in [6, 6.07) is 4.42. The maximum atomic E-state index is 11.3. The molecule has 0 aromatic heterocycles. The third-order valence-corrected chi connectivity index (χ3v) is 4.34. The zero-order chi connectivity index (χ0) is 14.3. The normalized spacial score (nSPS) is 19.4. The lowest BCUT2D eigenvalue weighted by molar-refractivity contribution is -0.117. The molecule has 4 nitrogen and oxygen atoms in total. The number of primary amides is 1. The molecule has 0 saturated heterocycles. The summed E-state index contributed by atoms with van der Waals surface area (Å²) in [5.41, 5.74) is 10.3. The quantitative estimate of drug-likeness (QED) is 0.837. The molecular formula is C16H21N2O2+. The summed E-state index contributed by atoms with van der Waals surface area (Å²) in [6.07, 6.45) is 5.43. The largest absolute Gasteiger partial charge is 0.493 e. The van der Waals surface area contributed by atoms with Gasteiger partial charge in [0.2, 0.25) is 5.91 Å². The van der Waals surface area contributed by atoms with Gasteiger partial charge in [0, 0.05) is 23.6 Å². The summed E-state index contributed by atoms with van der Waals surface area (Å²) in [7, 11) is 4.23. The van der Waals surface area contributed by atoms with Gasteiger partial charge in [0.05, 0.1) is 20.7 Å². The van der Waals surface area contributed by atoms with Crippen LogP contribution in [0.5, 0.6) is 5.75 Å². The molecule has 1 amide bonds. The van der Waals surface area contributed by atoms with Crippen molar-refractivity contribution in [3.05, 3.63) is 35.0 Å². The van der Waals surface area contributed by atoms with Crippen LogP contribution in [-0.4, -0.2) is 26.6 Å². The van der Waals surface area contributed by atoms with Gasteiger partial charge in [-0.05, 0) is 25.0 Å². The maximum absolute atomic E-state index is 11.3. The summed E-state index contributed by atoms with van der Waals surface area (Å²) in [4.78, 5) is 11.3. The Morgan fingerprint density at radius 3 is 2.90 bits per heavy atom. The highest BCUT2D eigenvalue weighted by molar-refractivity contribution is 5.78. The van der Waals surface area contributed by atoms with Crippen LogP contribution >= 0.6 is 0 Å². The molecule has 2 aliphatic heterocycles. The van der Waals surface area contributed by atoms with E-state index in [1.54, 1.807) is 0 Å². The molecule has 0 radical (unpaired) electrons. The van der Waals surface area contributed by atoms with E-state index in [0.717, 1.165) is 37.3 Å². The summed E-state index contributed by atoms with van der Waals surface area (Å²) in [6.45, 7) is 0.812. The molecule has 1 aromatic rings. The third-order valence-electron chi connectivity index (χ3n) is 4.34. The van der Waals surface area contributed by atoms with Crippen molar-refractivity contribution < 1.29 is 9.53 Å². The van der Waals surface area contributed by atoms with E-state index in [-0.39, 0.29) is 5.91 Å². The fourth-order valence-corrected chi connectivity index (χ4v) is 3.17. The van der Waals surface area contributed by atoms with Crippen molar-refractivity contribution in [2.24, 2.45) is 5.73 Å². The molecule has 0 bridgehead atoms. The summed E-state index contributed by atoms with van der Waals surface area (Å²) in [5.74, 6) is 0.758. The predicted molar refractivity (Wildman–Crippen MR) is 79.5 cm³/mol. The van der Waals surface area contributed by atoms with Gasteiger partial charge in [-0.1, -0.05) is 0 Å². The number of amides is 1. The van der Waals surface area contributed by atoms with Crippen LogP contribution in [0.1, 0.15) is 24.0 Å². The minimum absolute atomic E-state index is 0.271. The Hall–Kier alpha value is -1.81. The minimum atomic E-state index is -0.271. The van der Waals surface area contributed by atoms with Gasteiger partial charge in [-0.2, -0.15) is 0 Å². The molecule has 20 heavy (non-hydrogen) atoms. The topological polar surface area (TPSA) is 52.3 Å². The molecule has 2 N–H and O–H groups in total. The Morgan fingerprint density at radius 2 is 2.15 bits per heavy atom. The summed E-state index contributed by atoms with van der Waals surface area (Å²) in [5, 5.41) is 0. The Bertz CT molecular complexity index is 603. The number of nitrogens with zero attached hydrogens (tertiary/aromatic N) is 1. The lowest BCUT2D eigenvalue weighted by Gasteiger charge is -2.36. The van der Waals surface area contributed by atoms with Crippen molar-refractivity contribution in [3.63, 3.8) is 0 Å². The van der Waals surface area contributed by atoms with Crippen molar-refractivity contribution >= 4 is 11.6 Å².